The van der Waals surface area contributed by atoms with E-state index in [4.69, 9.17) is 0 Å². The van der Waals surface area contributed by atoms with E-state index in [9.17, 15) is 0 Å². The van der Waals surface area contributed by atoms with Gasteiger partial charge in [0.05, 0.1) is 11.4 Å². The molecule has 0 bridgehead atoms. The van der Waals surface area contributed by atoms with Gasteiger partial charge in [-0.1, -0.05) is 59.7 Å². The van der Waals surface area contributed by atoms with Gasteiger partial charge in [-0.15, -0.1) is 0 Å². The molecule has 0 amide bonds. The number of aryl methyl sites for hydroxylation is 2. The van der Waals surface area contributed by atoms with Crippen molar-refractivity contribution < 1.29 is 0 Å². The zero-order valence-electron chi connectivity index (χ0n) is 12.5. The predicted molar refractivity (Wildman–Crippen MR) is 86.8 cm³/mol. The number of rotatable bonds is 3. The maximum absolute atomic E-state index is 4.33. The van der Waals surface area contributed by atoms with Crippen LogP contribution in [0.2, 0.25) is 0 Å². The van der Waals surface area contributed by atoms with Crippen LogP contribution in [0.5, 0.6) is 0 Å². The lowest BCUT2D eigenvalue weighted by Gasteiger charge is -2.01. The van der Waals surface area contributed by atoms with E-state index in [1.54, 1.807) is 0 Å². The van der Waals surface area contributed by atoms with Gasteiger partial charge in [0.15, 0.2) is 0 Å². The van der Waals surface area contributed by atoms with Crippen molar-refractivity contribution in [1.29, 1.82) is 0 Å². The van der Waals surface area contributed by atoms with Crippen LogP contribution >= 0.6 is 0 Å². The quantitative estimate of drug-likeness (QED) is 0.574. The average molecular weight is 264 g/mol. The Morgan fingerprint density at radius 1 is 0.600 bits per heavy atom. The summed E-state index contributed by atoms with van der Waals surface area (Å²) in [5, 5.41) is 8.65. The summed E-state index contributed by atoms with van der Waals surface area (Å²) in [7, 11) is 0. The lowest BCUT2D eigenvalue weighted by atomic mass is 10.1. The highest BCUT2D eigenvalue weighted by Crippen LogP contribution is 2.07. The first-order chi connectivity index (χ1) is 9.56. The fraction of sp³-hybridized carbons (Fsp3) is 0.222. The molecule has 102 valence electrons. The minimum absolute atomic E-state index is 0.927. The molecule has 2 rings (SSSR count). The third-order valence-electron chi connectivity index (χ3n) is 3.29. The molecule has 0 heterocycles. The van der Waals surface area contributed by atoms with Gasteiger partial charge in [0.1, 0.15) is 0 Å². The van der Waals surface area contributed by atoms with Crippen LogP contribution in [-0.4, -0.2) is 11.4 Å². The third-order valence-corrected chi connectivity index (χ3v) is 3.29. The zero-order valence-corrected chi connectivity index (χ0v) is 12.5. The van der Waals surface area contributed by atoms with Crippen molar-refractivity contribution in [1.82, 2.24) is 0 Å². The van der Waals surface area contributed by atoms with E-state index >= 15 is 0 Å². The van der Waals surface area contributed by atoms with E-state index in [-0.39, 0.29) is 0 Å². The van der Waals surface area contributed by atoms with Gasteiger partial charge < -0.3 is 0 Å². The maximum atomic E-state index is 4.33. The number of benzene rings is 2. The Morgan fingerprint density at radius 3 is 1.20 bits per heavy atom. The lowest BCUT2D eigenvalue weighted by Crippen LogP contribution is -1.97. The van der Waals surface area contributed by atoms with E-state index in [0.717, 1.165) is 22.6 Å². The van der Waals surface area contributed by atoms with Crippen LogP contribution in [0, 0.1) is 13.8 Å². The second-order valence-corrected chi connectivity index (χ2v) is 5.10. The van der Waals surface area contributed by atoms with Gasteiger partial charge in [0, 0.05) is 0 Å². The minimum atomic E-state index is 0.927. The van der Waals surface area contributed by atoms with Crippen molar-refractivity contribution in [2.24, 2.45) is 10.2 Å². The van der Waals surface area contributed by atoms with Gasteiger partial charge in [0.2, 0.25) is 0 Å². The molecule has 0 aromatic heterocycles. The number of hydrogen-bond acceptors (Lipinski definition) is 2. The smallest absolute Gasteiger partial charge is 0.0671 e. The zero-order chi connectivity index (χ0) is 14.5. The van der Waals surface area contributed by atoms with Gasteiger partial charge in [-0.2, -0.15) is 10.2 Å². The first kappa shape index (κ1) is 14.2. The second-order valence-electron chi connectivity index (χ2n) is 5.10. The van der Waals surface area contributed by atoms with Gasteiger partial charge in [-0.25, -0.2) is 0 Å². The summed E-state index contributed by atoms with van der Waals surface area (Å²) in [6.07, 6.45) is 0. The molecule has 0 aliphatic carbocycles. The minimum Gasteiger partial charge on any atom is -0.155 e. The summed E-state index contributed by atoms with van der Waals surface area (Å²) in [6.45, 7) is 8.12. The van der Waals surface area contributed by atoms with Gasteiger partial charge in [-0.3, -0.25) is 0 Å². The largest absolute Gasteiger partial charge is 0.155 e. The Hall–Kier alpha value is -2.22. The molecule has 0 saturated carbocycles. The molecule has 0 radical (unpaired) electrons. The number of nitrogens with zero attached hydrogens (tertiary/aromatic N) is 2. The van der Waals surface area contributed by atoms with Gasteiger partial charge >= 0.3 is 0 Å². The Kier molecular flexibility index (Phi) is 4.46. The third kappa shape index (κ3) is 3.64. The summed E-state index contributed by atoms with van der Waals surface area (Å²) < 4.78 is 0. The molecule has 20 heavy (non-hydrogen) atoms. The van der Waals surface area contributed by atoms with Crippen LogP contribution in [0.4, 0.5) is 0 Å². The van der Waals surface area contributed by atoms with Crippen LogP contribution in [0.15, 0.2) is 58.7 Å². The highest BCUT2D eigenvalue weighted by atomic mass is 15.2. The van der Waals surface area contributed by atoms with Crippen LogP contribution in [0.1, 0.15) is 36.1 Å². The second kappa shape index (κ2) is 6.29. The topological polar surface area (TPSA) is 24.7 Å². The summed E-state index contributed by atoms with van der Waals surface area (Å²) in [5.74, 6) is 0. The molecule has 0 fully saturated rings. The Bertz CT molecular complexity index is 573. The van der Waals surface area contributed by atoms with E-state index in [2.05, 4.69) is 72.6 Å². The summed E-state index contributed by atoms with van der Waals surface area (Å²) in [6, 6.07) is 16.6. The van der Waals surface area contributed by atoms with E-state index in [1.165, 1.54) is 11.1 Å². The molecule has 2 nitrogen and oxygen atoms in total. The predicted octanol–water partition coefficient (Wildman–Crippen LogP) is 4.54. The molecule has 0 saturated heterocycles. The maximum Gasteiger partial charge on any atom is 0.0671 e. The van der Waals surface area contributed by atoms with Crippen molar-refractivity contribution in [3.63, 3.8) is 0 Å². The fourth-order valence-electron chi connectivity index (χ4n) is 1.85. The van der Waals surface area contributed by atoms with E-state index < -0.39 is 0 Å². The standard InChI is InChI=1S/C18H20N2/c1-13-5-9-17(10-6-13)15(3)19-20-16(4)18-11-7-14(2)8-12-18/h5-12H,1-4H3/b19-15+,20-16?. The first-order valence-electron chi connectivity index (χ1n) is 6.79. The SMILES string of the molecule is CC(=N/N=C(\C)c1ccc(C)cc1)c1ccc(C)cc1. The molecular weight excluding hydrogens is 244 g/mol. The van der Waals surface area contributed by atoms with E-state index in [1.807, 2.05) is 13.8 Å². The molecule has 2 aromatic carbocycles. The lowest BCUT2D eigenvalue weighted by molar-refractivity contribution is 1.21. The van der Waals surface area contributed by atoms with Crippen LogP contribution in [-0.2, 0) is 0 Å². The highest BCUT2D eigenvalue weighted by Gasteiger charge is 1.98. The van der Waals surface area contributed by atoms with Crippen LogP contribution in [0.3, 0.4) is 0 Å². The normalized spacial score (nSPS) is 12.6. The van der Waals surface area contributed by atoms with Gasteiger partial charge in [-0.05, 0) is 38.8 Å². The molecule has 0 unspecified atom stereocenters. The molecular formula is C18H20N2. The fourth-order valence-corrected chi connectivity index (χ4v) is 1.85. The molecule has 0 atom stereocenters. The Balaban J connectivity index is 2.19. The van der Waals surface area contributed by atoms with Crippen molar-refractivity contribution in [2.75, 3.05) is 0 Å². The van der Waals surface area contributed by atoms with Gasteiger partial charge in [0.25, 0.3) is 0 Å². The van der Waals surface area contributed by atoms with Crippen LogP contribution < -0.4 is 0 Å². The Labute approximate surface area is 120 Å². The average Bonchev–Trinajstić information content (AvgIpc) is 2.46. The molecule has 0 spiro atoms. The van der Waals surface area contributed by atoms with Crippen molar-refractivity contribution in [2.45, 2.75) is 27.7 Å². The molecule has 0 aliphatic heterocycles. The summed E-state index contributed by atoms with van der Waals surface area (Å²) >= 11 is 0. The Morgan fingerprint density at radius 2 is 0.900 bits per heavy atom. The van der Waals surface area contributed by atoms with Crippen LogP contribution in [0.25, 0.3) is 0 Å². The highest BCUT2D eigenvalue weighted by molar-refractivity contribution is 6.01. The number of hydrogen-bond donors (Lipinski definition) is 0. The summed E-state index contributed by atoms with van der Waals surface area (Å²) in [4.78, 5) is 0. The van der Waals surface area contributed by atoms with Crippen molar-refractivity contribution in [3.8, 4) is 0 Å². The molecule has 0 aliphatic rings. The monoisotopic (exact) mass is 264 g/mol. The first-order valence-corrected chi connectivity index (χ1v) is 6.79. The summed E-state index contributed by atoms with van der Waals surface area (Å²) in [5.41, 5.74) is 6.57. The van der Waals surface area contributed by atoms with Crippen molar-refractivity contribution in [3.05, 3.63) is 70.8 Å². The van der Waals surface area contributed by atoms with Crippen molar-refractivity contribution >= 4 is 11.4 Å². The molecule has 2 aromatic rings. The molecule has 0 N–H and O–H groups in total. The molecule has 2 heteroatoms. The van der Waals surface area contributed by atoms with E-state index in [0.29, 0.717) is 0 Å².